The Morgan fingerprint density at radius 1 is 0.905 bits per heavy atom. The van der Waals surface area contributed by atoms with Crippen molar-refractivity contribution in [2.24, 2.45) is 0 Å². The van der Waals surface area contributed by atoms with E-state index in [2.05, 4.69) is 39.2 Å². The summed E-state index contributed by atoms with van der Waals surface area (Å²) in [6.45, 7) is 0. The van der Waals surface area contributed by atoms with Crippen LogP contribution in [0.3, 0.4) is 0 Å². The second-order valence-corrected chi connectivity index (χ2v) is 6.64. The van der Waals surface area contributed by atoms with Crippen LogP contribution in [0, 0.1) is 0 Å². The van der Waals surface area contributed by atoms with E-state index in [1.165, 1.54) is 4.70 Å². The van der Waals surface area contributed by atoms with Gasteiger partial charge in [-0.15, -0.1) is 11.3 Å². The maximum absolute atomic E-state index is 4.66. The van der Waals surface area contributed by atoms with E-state index in [0.29, 0.717) is 0 Å². The molecule has 0 fully saturated rings. The molecule has 4 aromatic rings. The molecule has 0 aliphatic heterocycles. The van der Waals surface area contributed by atoms with Crippen molar-refractivity contribution in [1.82, 2.24) is 15.0 Å². The minimum Gasteiger partial charge on any atom is -0.240 e. The van der Waals surface area contributed by atoms with Gasteiger partial charge in [0.2, 0.25) is 0 Å². The normalized spacial score (nSPS) is 11.2. The lowest BCUT2D eigenvalue weighted by molar-refractivity contribution is 1.10. The van der Waals surface area contributed by atoms with E-state index >= 15 is 0 Å². The minimum absolute atomic E-state index is 0.834. The number of fused-ring (bicyclic) bond motifs is 2. The Kier molecular flexibility index (Phi) is 3.29. The molecule has 5 heteroatoms. The molecule has 2 aromatic heterocycles. The molecule has 0 saturated carbocycles. The summed E-state index contributed by atoms with van der Waals surface area (Å²) < 4.78 is 1.24. The average molecular weight is 309 g/mol. The average Bonchev–Trinajstić information content (AvgIpc) is 2.96. The molecular formula is C16H11N3S2. The van der Waals surface area contributed by atoms with E-state index < -0.39 is 0 Å². The molecule has 4 rings (SSSR count). The lowest BCUT2D eigenvalue weighted by atomic mass is 10.2. The van der Waals surface area contributed by atoms with E-state index in [0.717, 1.165) is 32.2 Å². The van der Waals surface area contributed by atoms with Crippen molar-refractivity contribution in [2.75, 3.05) is 0 Å². The number of hydrogen-bond acceptors (Lipinski definition) is 5. The second kappa shape index (κ2) is 5.42. The highest BCUT2D eigenvalue weighted by Crippen LogP contribution is 2.30. The summed E-state index contributed by atoms with van der Waals surface area (Å²) in [7, 11) is 0. The van der Waals surface area contributed by atoms with Crippen LogP contribution in [0.5, 0.6) is 0 Å². The zero-order valence-corrected chi connectivity index (χ0v) is 12.7. The van der Waals surface area contributed by atoms with E-state index in [-0.39, 0.29) is 0 Å². The third-order valence-corrected chi connectivity index (χ3v) is 5.41. The quantitative estimate of drug-likeness (QED) is 0.411. The van der Waals surface area contributed by atoms with Crippen molar-refractivity contribution in [3.63, 3.8) is 0 Å². The Morgan fingerprint density at radius 2 is 1.71 bits per heavy atom. The molecule has 0 spiro atoms. The van der Waals surface area contributed by atoms with Crippen molar-refractivity contribution < 1.29 is 0 Å². The van der Waals surface area contributed by atoms with Crippen LogP contribution in [0.4, 0.5) is 0 Å². The number of aromatic nitrogens is 3. The van der Waals surface area contributed by atoms with Gasteiger partial charge in [-0.2, -0.15) is 0 Å². The molecule has 2 aromatic carbocycles. The van der Waals surface area contributed by atoms with E-state index in [4.69, 9.17) is 0 Å². The first-order valence-electron chi connectivity index (χ1n) is 6.57. The van der Waals surface area contributed by atoms with Crippen LogP contribution < -0.4 is 0 Å². The van der Waals surface area contributed by atoms with Gasteiger partial charge in [0.15, 0.2) is 0 Å². The fraction of sp³-hybridized carbons (Fsp3) is 0.0625. The zero-order valence-electron chi connectivity index (χ0n) is 11.1. The SMILES string of the molecule is c1ccc2sc(CSc3ncnc4ccccc34)nc2c1. The first-order chi connectivity index (χ1) is 10.4. The molecule has 0 saturated heterocycles. The van der Waals surface area contributed by atoms with Crippen molar-refractivity contribution >= 4 is 44.2 Å². The number of nitrogens with zero attached hydrogens (tertiary/aromatic N) is 3. The first kappa shape index (κ1) is 12.7. The van der Waals surface area contributed by atoms with Crippen LogP contribution in [0.15, 0.2) is 59.9 Å². The number of thiazole rings is 1. The number of rotatable bonds is 3. The summed E-state index contributed by atoms with van der Waals surface area (Å²) in [6, 6.07) is 16.3. The predicted molar refractivity (Wildman–Crippen MR) is 88.7 cm³/mol. The number of benzene rings is 2. The monoisotopic (exact) mass is 309 g/mol. The van der Waals surface area contributed by atoms with Gasteiger partial charge in [0.05, 0.1) is 21.5 Å². The molecule has 0 N–H and O–H groups in total. The second-order valence-electron chi connectivity index (χ2n) is 4.56. The third kappa shape index (κ3) is 2.50. The molecule has 0 atom stereocenters. The minimum atomic E-state index is 0.834. The molecule has 21 heavy (non-hydrogen) atoms. The van der Waals surface area contributed by atoms with Gasteiger partial charge in [0.1, 0.15) is 16.4 Å². The summed E-state index contributed by atoms with van der Waals surface area (Å²) in [5.41, 5.74) is 2.06. The molecular weight excluding hydrogens is 298 g/mol. The Hall–Kier alpha value is -1.98. The summed E-state index contributed by atoms with van der Waals surface area (Å²) in [4.78, 5) is 13.4. The fourth-order valence-corrected chi connectivity index (χ4v) is 4.16. The van der Waals surface area contributed by atoms with Crippen LogP contribution in [0.25, 0.3) is 21.1 Å². The van der Waals surface area contributed by atoms with E-state index in [1.807, 2.05) is 24.3 Å². The molecule has 3 nitrogen and oxygen atoms in total. The fourth-order valence-electron chi connectivity index (χ4n) is 2.21. The molecule has 0 radical (unpaired) electrons. The molecule has 2 heterocycles. The molecule has 102 valence electrons. The smallest absolute Gasteiger partial charge is 0.117 e. The van der Waals surface area contributed by atoms with Gasteiger partial charge in [0.25, 0.3) is 0 Å². The van der Waals surface area contributed by atoms with E-state index in [1.54, 1.807) is 29.4 Å². The Balaban J connectivity index is 1.63. The molecule has 0 unspecified atom stereocenters. The van der Waals surface area contributed by atoms with Crippen molar-refractivity contribution in [2.45, 2.75) is 10.8 Å². The molecule has 0 aliphatic rings. The van der Waals surface area contributed by atoms with Gasteiger partial charge in [-0.3, -0.25) is 0 Å². The highest BCUT2D eigenvalue weighted by atomic mass is 32.2. The molecule has 0 amide bonds. The van der Waals surface area contributed by atoms with Gasteiger partial charge in [-0.25, -0.2) is 15.0 Å². The van der Waals surface area contributed by atoms with Crippen molar-refractivity contribution in [3.8, 4) is 0 Å². The van der Waals surface area contributed by atoms with Crippen LogP contribution in [-0.2, 0) is 5.75 Å². The van der Waals surface area contributed by atoms with Gasteiger partial charge in [0, 0.05) is 5.39 Å². The van der Waals surface area contributed by atoms with Gasteiger partial charge in [-0.1, -0.05) is 42.1 Å². The maximum atomic E-state index is 4.66. The van der Waals surface area contributed by atoms with Gasteiger partial charge < -0.3 is 0 Å². The van der Waals surface area contributed by atoms with Gasteiger partial charge >= 0.3 is 0 Å². The number of para-hydroxylation sites is 2. The standard InChI is InChI=1S/C16H11N3S2/c1-2-6-12-11(5-1)16(18-10-17-12)20-9-15-19-13-7-3-4-8-14(13)21-15/h1-8,10H,9H2. The molecule has 0 bridgehead atoms. The van der Waals surface area contributed by atoms with Crippen LogP contribution >= 0.6 is 23.1 Å². The van der Waals surface area contributed by atoms with Crippen molar-refractivity contribution in [3.05, 3.63) is 59.9 Å². The Bertz CT molecular complexity index is 879. The summed E-state index contributed by atoms with van der Waals surface area (Å²) in [5.74, 6) is 0.834. The largest absolute Gasteiger partial charge is 0.240 e. The Morgan fingerprint density at radius 3 is 2.62 bits per heavy atom. The van der Waals surface area contributed by atoms with Gasteiger partial charge in [-0.05, 0) is 18.2 Å². The summed E-state index contributed by atoms with van der Waals surface area (Å²) in [6.07, 6.45) is 1.63. The summed E-state index contributed by atoms with van der Waals surface area (Å²) in [5, 5.41) is 3.25. The van der Waals surface area contributed by atoms with Crippen LogP contribution in [0.1, 0.15) is 5.01 Å². The summed E-state index contributed by atoms with van der Waals surface area (Å²) >= 11 is 3.46. The first-order valence-corrected chi connectivity index (χ1v) is 8.37. The topological polar surface area (TPSA) is 38.7 Å². The Labute approximate surface area is 130 Å². The predicted octanol–water partition coefficient (Wildman–Crippen LogP) is 4.53. The lowest BCUT2D eigenvalue weighted by Gasteiger charge is -2.02. The third-order valence-electron chi connectivity index (χ3n) is 3.18. The highest BCUT2D eigenvalue weighted by Gasteiger charge is 2.07. The lowest BCUT2D eigenvalue weighted by Crippen LogP contribution is -1.87. The maximum Gasteiger partial charge on any atom is 0.117 e. The number of thioether (sulfide) groups is 1. The molecule has 0 aliphatic carbocycles. The number of hydrogen-bond donors (Lipinski definition) is 0. The van der Waals surface area contributed by atoms with Crippen LogP contribution in [0.2, 0.25) is 0 Å². The highest BCUT2D eigenvalue weighted by molar-refractivity contribution is 7.98. The van der Waals surface area contributed by atoms with Crippen molar-refractivity contribution in [1.29, 1.82) is 0 Å². The zero-order chi connectivity index (χ0) is 14.1. The van der Waals surface area contributed by atoms with Crippen LogP contribution in [-0.4, -0.2) is 15.0 Å². The van der Waals surface area contributed by atoms with E-state index in [9.17, 15) is 0 Å².